The first-order chi connectivity index (χ1) is 9.97. The van der Waals surface area contributed by atoms with Gasteiger partial charge >= 0.3 is 0 Å². The highest BCUT2D eigenvalue weighted by atomic mass is 19.1. The molecule has 1 N–H and O–H groups in total. The molecule has 0 bridgehead atoms. The Hall–Kier alpha value is -1.69. The van der Waals surface area contributed by atoms with Gasteiger partial charge in [0.1, 0.15) is 11.6 Å². The lowest BCUT2D eigenvalue weighted by atomic mass is 10.0. The Bertz CT molecular complexity index is 538. The van der Waals surface area contributed by atoms with Crippen molar-refractivity contribution < 1.29 is 14.0 Å². The predicted octanol–water partition coefficient (Wildman–Crippen LogP) is 1.51. The molecule has 0 aliphatic carbocycles. The minimum Gasteiger partial charge on any atom is -0.348 e. The van der Waals surface area contributed by atoms with Crippen LogP contribution < -0.4 is 5.32 Å². The highest BCUT2D eigenvalue weighted by Gasteiger charge is 2.29. The third-order valence-electron chi connectivity index (χ3n) is 3.66. The van der Waals surface area contributed by atoms with Crippen molar-refractivity contribution in [2.24, 2.45) is 0 Å². The maximum absolute atomic E-state index is 13.3. The number of amides is 1. The van der Waals surface area contributed by atoms with Crippen molar-refractivity contribution in [3.05, 3.63) is 35.6 Å². The van der Waals surface area contributed by atoms with Gasteiger partial charge in [-0.05, 0) is 44.0 Å². The molecule has 2 atom stereocenters. The number of ketones is 1. The first-order valence-corrected chi connectivity index (χ1v) is 7.04. The summed E-state index contributed by atoms with van der Waals surface area (Å²) in [5.41, 5.74) is 0.583. The standard InChI is InChI=1S/C15H18BFN2O2/c1-10(20)8-13(11-4-2-5-12(17)9-11)18-15(21)14-6-3-7-19(14)16/h2,4-5,9,13-14H,3,6-8H2,1H3,(H,18,21). The fraction of sp³-hybridized carbons (Fsp3) is 0.467. The zero-order valence-electron chi connectivity index (χ0n) is 12.0. The van der Waals surface area contributed by atoms with Gasteiger partial charge in [-0.1, -0.05) is 12.1 Å². The number of carbonyl (C=O) groups is 2. The largest absolute Gasteiger partial charge is 0.348 e. The molecule has 6 heteroatoms. The van der Waals surface area contributed by atoms with Gasteiger partial charge in [0.15, 0.2) is 7.98 Å². The van der Waals surface area contributed by atoms with Crippen LogP contribution in [0.15, 0.2) is 24.3 Å². The van der Waals surface area contributed by atoms with E-state index in [1.807, 2.05) is 0 Å². The number of rotatable bonds is 5. The number of Topliss-reactive ketones (excluding diaryl/α,β-unsaturated/α-hetero) is 1. The van der Waals surface area contributed by atoms with E-state index >= 15 is 0 Å². The Labute approximate surface area is 125 Å². The molecule has 1 aliphatic rings. The third-order valence-corrected chi connectivity index (χ3v) is 3.66. The van der Waals surface area contributed by atoms with Gasteiger partial charge in [0.05, 0.1) is 12.1 Å². The van der Waals surface area contributed by atoms with Crippen LogP contribution in [-0.4, -0.2) is 37.1 Å². The molecule has 4 nitrogen and oxygen atoms in total. The molecule has 2 radical (unpaired) electrons. The Balaban J connectivity index is 2.13. The molecule has 0 spiro atoms. The maximum Gasteiger partial charge on any atom is 0.236 e. The van der Waals surface area contributed by atoms with Crippen molar-refractivity contribution in [3.8, 4) is 0 Å². The van der Waals surface area contributed by atoms with E-state index in [4.69, 9.17) is 7.98 Å². The average molecular weight is 288 g/mol. The van der Waals surface area contributed by atoms with E-state index in [2.05, 4.69) is 5.32 Å². The SMILES string of the molecule is [B]N1CCCC1C(=O)NC(CC(C)=O)c1cccc(F)c1. The highest BCUT2D eigenvalue weighted by Crippen LogP contribution is 2.21. The summed E-state index contributed by atoms with van der Waals surface area (Å²) in [4.78, 5) is 25.2. The van der Waals surface area contributed by atoms with Crippen LogP contribution in [0, 0.1) is 5.82 Å². The molecular weight excluding hydrogens is 270 g/mol. The van der Waals surface area contributed by atoms with Crippen molar-refractivity contribution >= 4 is 19.7 Å². The first-order valence-electron chi connectivity index (χ1n) is 7.04. The van der Waals surface area contributed by atoms with Crippen LogP contribution in [0.4, 0.5) is 4.39 Å². The van der Waals surface area contributed by atoms with Crippen LogP contribution in [0.1, 0.15) is 37.8 Å². The molecule has 1 heterocycles. The molecule has 1 aromatic rings. The monoisotopic (exact) mass is 288 g/mol. The summed E-state index contributed by atoms with van der Waals surface area (Å²) in [6, 6.07) is 5.02. The zero-order valence-corrected chi connectivity index (χ0v) is 12.0. The van der Waals surface area contributed by atoms with Crippen molar-refractivity contribution in [3.63, 3.8) is 0 Å². The van der Waals surface area contributed by atoms with Gasteiger partial charge in [0, 0.05) is 6.42 Å². The predicted molar refractivity (Wildman–Crippen MR) is 78.1 cm³/mol. The van der Waals surface area contributed by atoms with E-state index in [9.17, 15) is 14.0 Å². The van der Waals surface area contributed by atoms with Crippen LogP contribution in [0.2, 0.25) is 0 Å². The Morgan fingerprint density at radius 1 is 1.52 bits per heavy atom. The molecule has 21 heavy (non-hydrogen) atoms. The summed E-state index contributed by atoms with van der Waals surface area (Å²) < 4.78 is 13.3. The van der Waals surface area contributed by atoms with Crippen LogP contribution >= 0.6 is 0 Å². The van der Waals surface area contributed by atoms with E-state index in [0.717, 1.165) is 6.42 Å². The van der Waals surface area contributed by atoms with E-state index < -0.39 is 11.9 Å². The van der Waals surface area contributed by atoms with E-state index in [1.54, 1.807) is 12.1 Å². The molecule has 1 amide bonds. The summed E-state index contributed by atoms with van der Waals surface area (Å²) in [5.74, 6) is -0.678. The summed E-state index contributed by atoms with van der Waals surface area (Å²) in [5, 5.41) is 2.82. The molecule has 110 valence electrons. The zero-order chi connectivity index (χ0) is 15.4. The van der Waals surface area contributed by atoms with Gasteiger partial charge in [-0.15, -0.1) is 0 Å². The van der Waals surface area contributed by atoms with Crippen LogP contribution in [0.5, 0.6) is 0 Å². The van der Waals surface area contributed by atoms with Crippen LogP contribution in [0.3, 0.4) is 0 Å². The molecule has 2 rings (SSSR count). The van der Waals surface area contributed by atoms with Gasteiger partial charge in [0.25, 0.3) is 0 Å². The number of halogens is 1. The minimum absolute atomic E-state index is 0.0689. The number of nitrogens with one attached hydrogen (secondary N) is 1. The molecule has 1 aliphatic heterocycles. The smallest absolute Gasteiger partial charge is 0.236 e. The van der Waals surface area contributed by atoms with Gasteiger partial charge < -0.3 is 10.1 Å². The number of hydrogen-bond acceptors (Lipinski definition) is 3. The van der Waals surface area contributed by atoms with Crippen molar-refractivity contribution in [1.29, 1.82) is 0 Å². The van der Waals surface area contributed by atoms with Crippen LogP contribution in [-0.2, 0) is 9.59 Å². The fourth-order valence-electron chi connectivity index (χ4n) is 2.60. The fourth-order valence-corrected chi connectivity index (χ4v) is 2.60. The molecule has 2 unspecified atom stereocenters. The topological polar surface area (TPSA) is 49.4 Å². The Morgan fingerprint density at radius 3 is 2.86 bits per heavy atom. The lowest BCUT2D eigenvalue weighted by Gasteiger charge is -2.24. The van der Waals surface area contributed by atoms with E-state index in [-0.39, 0.29) is 24.2 Å². The summed E-state index contributed by atoms with van der Waals surface area (Å²) in [6.45, 7) is 2.12. The summed E-state index contributed by atoms with van der Waals surface area (Å²) in [6.07, 6.45) is 1.69. The van der Waals surface area contributed by atoms with Gasteiger partial charge in [-0.3, -0.25) is 9.59 Å². The molecule has 1 fully saturated rings. The van der Waals surface area contributed by atoms with Crippen molar-refractivity contribution in [2.45, 2.75) is 38.3 Å². The number of nitrogens with zero attached hydrogens (tertiary/aromatic N) is 1. The molecule has 0 aromatic heterocycles. The second-order valence-electron chi connectivity index (χ2n) is 5.42. The maximum atomic E-state index is 13.3. The molecular formula is C15H18BFN2O2. The van der Waals surface area contributed by atoms with Gasteiger partial charge in [0.2, 0.25) is 5.91 Å². The Morgan fingerprint density at radius 2 is 2.29 bits per heavy atom. The third kappa shape index (κ3) is 4.14. The van der Waals surface area contributed by atoms with Gasteiger partial charge in [-0.2, -0.15) is 0 Å². The number of benzene rings is 1. The number of carbonyl (C=O) groups excluding carboxylic acids is 2. The average Bonchev–Trinajstić information content (AvgIpc) is 2.83. The minimum atomic E-state index is -0.528. The van der Waals surface area contributed by atoms with E-state index in [1.165, 1.54) is 23.9 Å². The van der Waals surface area contributed by atoms with Gasteiger partial charge in [-0.25, -0.2) is 4.39 Å². The molecule has 1 saturated heterocycles. The van der Waals surface area contributed by atoms with Crippen molar-refractivity contribution in [2.75, 3.05) is 6.54 Å². The normalized spacial score (nSPS) is 20.2. The quantitative estimate of drug-likeness (QED) is 0.836. The Kier molecular flexibility index (Phi) is 5.12. The lowest BCUT2D eigenvalue weighted by molar-refractivity contribution is -0.125. The van der Waals surface area contributed by atoms with Crippen LogP contribution in [0.25, 0.3) is 0 Å². The second kappa shape index (κ2) is 6.85. The highest BCUT2D eigenvalue weighted by molar-refractivity contribution is 6.07. The molecule has 0 saturated carbocycles. The lowest BCUT2D eigenvalue weighted by Crippen LogP contribution is -2.43. The number of hydrogen-bond donors (Lipinski definition) is 1. The second-order valence-corrected chi connectivity index (χ2v) is 5.42. The van der Waals surface area contributed by atoms with Crippen molar-refractivity contribution in [1.82, 2.24) is 10.1 Å². The first kappa shape index (κ1) is 15.7. The van der Waals surface area contributed by atoms with E-state index in [0.29, 0.717) is 18.5 Å². The summed E-state index contributed by atoms with van der Waals surface area (Å²) >= 11 is 0. The molecule has 1 aromatic carbocycles. The summed E-state index contributed by atoms with van der Waals surface area (Å²) in [7, 11) is 5.77.